The van der Waals surface area contributed by atoms with Crippen molar-refractivity contribution >= 4 is 5.91 Å². The van der Waals surface area contributed by atoms with E-state index in [0.717, 1.165) is 12.3 Å². The van der Waals surface area contributed by atoms with E-state index >= 15 is 0 Å². The molecule has 16 heavy (non-hydrogen) atoms. The molecule has 94 valence electrons. The van der Waals surface area contributed by atoms with Crippen molar-refractivity contribution in [3.8, 4) is 0 Å². The second-order valence-electron chi connectivity index (χ2n) is 5.27. The lowest BCUT2D eigenvalue weighted by atomic mass is 9.86. The molecule has 1 saturated carbocycles. The van der Waals surface area contributed by atoms with Crippen LogP contribution in [0.2, 0.25) is 0 Å². The lowest BCUT2D eigenvalue weighted by Crippen LogP contribution is -2.26. The van der Waals surface area contributed by atoms with E-state index in [4.69, 9.17) is 4.84 Å². The number of amides is 1. The zero-order valence-corrected chi connectivity index (χ0v) is 10.6. The molecule has 0 heterocycles. The van der Waals surface area contributed by atoms with Crippen LogP contribution in [0.25, 0.3) is 0 Å². The lowest BCUT2D eigenvalue weighted by Gasteiger charge is -2.20. The summed E-state index contributed by atoms with van der Waals surface area (Å²) in [6.07, 6.45) is 8.31. The third-order valence-electron chi connectivity index (χ3n) is 3.11. The third-order valence-corrected chi connectivity index (χ3v) is 3.11. The molecule has 0 atom stereocenters. The summed E-state index contributed by atoms with van der Waals surface area (Å²) in [7, 11) is 0. The Kier molecular flexibility index (Phi) is 6.46. The number of hydroxylamine groups is 1. The topological polar surface area (TPSA) is 38.3 Å². The van der Waals surface area contributed by atoms with Gasteiger partial charge in [-0.2, -0.15) is 0 Å². The maximum atomic E-state index is 11.4. The van der Waals surface area contributed by atoms with Crippen LogP contribution in [0.4, 0.5) is 0 Å². The van der Waals surface area contributed by atoms with Gasteiger partial charge in [0, 0.05) is 6.42 Å². The third kappa shape index (κ3) is 6.11. The molecule has 1 rings (SSSR count). The Bertz CT molecular complexity index is 198. The maximum absolute atomic E-state index is 11.4. The molecule has 3 nitrogen and oxygen atoms in total. The highest BCUT2D eigenvalue weighted by Gasteiger charge is 2.14. The summed E-state index contributed by atoms with van der Waals surface area (Å²) < 4.78 is 0. The number of carbonyl (C=O) groups excluding carboxylic acids is 1. The van der Waals surface area contributed by atoms with E-state index in [0.29, 0.717) is 18.9 Å². The Labute approximate surface area is 98.9 Å². The smallest absolute Gasteiger partial charge is 0.243 e. The molecule has 0 aromatic rings. The van der Waals surface area contributed by atoms with E-state index in [1.807, 2.05) is 0 Å². The van der Waals surface area contributed by atoms with Crippen LogP contribution in [0.3, 0.4) is 0 Å². The number of carbonyl (C=O) groups is 1. The SMILES string of the molecule is CC(C)CONC(=O)CCC1CCCCC1. The summed E-state index contributed by atoms with van der Waals surface area (Å²) in [6, 6.07) is 0. The summed E-state index contributed by atoms with van der Waals surface area (Å²) in [5.41, 5.74) is 2.51. The minimum Gasteiger partial charge on any atom is -0.273 e. The van der Waals surface area contributed by atoms with Gasteiger partial charge in [0.1, 0.15) is 0 Å². The summed E-state index contributed by atoms with van der Waals surface area (Å²) in [5, 5.41) is 0. The Morgan fingerprint density at radius 2 is 2.00 bits per heavy atom. The number of nitrogens with one attached hydrogen (secondary N) is 1. The fourth-order valence-corrected chi connectivity index (χ4v) is 2.15. The van der Waals surface area contributed by atoms with Gasteiger partial charge in [0.2, 0.25) is 5.91 Å². The van der Waals surface area contributed by atoms with Gasteiger partial charge in [0.15, 0.2) is 0 Å². The second kappa shape index (κ2) is 7.66. The Morgan fingerprint density at radius 1 is 1.31 bits per heavy atom. The molecule has 1 amide bonds. The highest BCUT2D eigenvalue weighted by molar-refractivity contribution is 5.74. The summed E-state index contributed by atoms with van der Waals surface area (Å²) >= 11 is 0. The number of rotatable bonds is 6. The molecule has 1 aliphatic carbocycles. The molecule has 1 aliphatic rings. The molecule has 0 saturated heterocycles. The molecule has 0 spiro atoms. The van der Waals surface area contributed by atoms with Gasteiger partial charge in [0.05, 0.1) is 6.61 Å². The van der Waals surface area contributed by atoms with Crippen molar-refractivity contribution in [3.63, 3.8) is 0 Å². The molecule has 3 heteroatoms. The van der Waals surface area contributed by atoms with Gasteiger partial charge in [-0.05, 0) is 18.3 Å². The van der Waals surface area contributed by atoms with Crippen molar-refractivity contribution in [1.82, 2.24) is 5.48 Å². The molecule has 0 bridgehead atoms. The van der Waals surface area contributed by atoms with Gasteiger partial charge in [-0.15, -0.1) is 0 Å². The zero-order valence-electron chi connectivity index (χ0n) is 10.6. The van der Waals surface area contributed by atoms with Crippen molar-refractivity contribution in [2.75, 3.05) is 6.61 Å². The first-order valence-electron chi connectivity index (χ1n) is 6.59. The van der Waals surface area contributed by atoms with Gasteiger partial charge >= 0.3 is 0 Å². The minimum atomic E-state index is 0.0335. The van der Waals surface area contributed by atoms with Crippen LogP contribution in [0.5, 0.6) is 0 Å². The van der Waals surface area contributed by atoms with Gasteiger partial charge in [0.25, 0.3) is 0 Å². The Balaban J connectivity index is 2.00. The molecule has 0 aliphatic heterocycles. The number of hydrogen-bond donors (Lipinski definition) is 1. The second-order valence-corrected chi connectivity index (χ2v) is 5.27. The van der Waals surface area contributed by atoms with Gasteiger partial charge in [-0.1, -0.05) is 46.0 Å². The molecular weight excluding hydrogens is 202 g/mol. The van der Waals surface area contributed by atoms with Gasteiger partial charge < -0.3 is 0 Å². The van der Waals surface area contributed by atoms with Crippen LogP contribution >= 0.6 is 0 Å². The summed E-state index contributed by atoms with van der Waals surface area (Å²) in [4.78, 5) is 16.5. The quantitative estimate of drug-likeness (QED) is 0.708. The fraction of sp³-hybridized carbons (Fsp3) is 0.923. The highest BCUT2D eigenvalue weighted by atomic mass is 16.6. The predicted octanol–water partition coefficient (Wildman–Crippen LogP) is 3.05. The van der Waals surface area contributed by atoms with E-state index in [2.05, 4.69) is 19.3 Å². The molecule has 0 radical (unpaired) electrons. The minimum absolute atomic E-state index is 0.0335. The van der Waals surface area contributed by atoms with Crippen molar-refractivity contribution in [2.45, 2.75) is 58.8 Å². The standard InChI is InChI=1S/C13H25NO2/c1-11(2)10-16-14-13(15)9-8-12-6-4-3-5-7-12/h11-12H,3-10H2,1-2H3,(H,14,15). The Hall–Kier alpha value is -0.570. The number of hydrogen-bond acceptors (Lipinski definition) is 2. The molecular formula is C13H25NO2. The predicted molar refractivity (Wildman–Crippen MR) is 64.7 cm³/mol. The largest absolute Gasteiger partial charge is 0.273 e. The molecule has 0 aromatic heterocycles. The first kappa shape index (κ1) is 13.5. The molecule has 0 aromatic carbocycles. The first-order chi connectivity index (χ1) is 7.68. The van der Waals surface area contributed by atoms with E-state index < -0.39 is 0 Å². The van der Waals surface area contributed by atoms with Crippen LogP contribution in [0, 0.1) is 11.8 Å². The van der Waals surface area contributed by atoms with E-state index in [-0.39, 0.29) is 5.91 Å². The fourth-order valence-electron chi connectivity index (χ4n) is 2.15. The van der Waals surface area contributed by atoms with E-state index in [1.54, 1.807) is 0 Å². The van der Waals surface area contributed by atoms with Crippen molar-refractivity contribution in [2.24, 2.45) is 11.8 Å². The van der Waals surface area contributed by atoms with Crippen molar-refractivity contribution in [1.29, 1.82) is 0 Å². The van der Waals surface area contributed by atoms with Gasteiger partial charge in [-0.25, -0.2) is 5.48 Å². The molecule has 1 N–H and O–H groups in total. The van der Waals surface area contributed by atoms with Crippen molar-refractivity contribution < 1.29 is 9.63 Å². The van der Waals surface area contributed by atoms with Crippen molar-refractivity contribution in [3.05, 3.63) is 0 Å². The zero-order chi connectivity index (χ0) is 11.8. The molecule has 0 unspecified atom stereocenters. The lowest BCUT2D eigenvalue weighted by molar-refractivity contribution is -0.134. The highest BCUT2D eigenvalue weighted by Crippen LogP contribution is 2.27. The maximum Gasteiger partial charge on any atom is 0.243 e. The monoisotopic (exact) mass is 227 g/mol. The summed E-state index contributed by atoms with van der Waals surface area (Å²) in [5.74, 6) is 1.26. The van der Waals surface area contributed by atoms with Crippen LogP contribution in [0.15, 0.2) is 0 Å². The summed E-state index contributed by atoms with van der Waals surface area (Å²) in [6.45, 7) is 4.72. The first-order valence-corrected chi connectivity index (χ1v) is 6.59. The van der Waals surface area contributed by atoms with Crippen LogP contribution in [0.1, 0.15) is 58.8 Å². The Morgan fingerprint density at radius 3 is 2.62 bits per heavy atom. The van der Waals surface area contributed by atoms with Crippen LogP contribution in [-0.2, 0) is 9.63 Å². The average molecular weight is 227 g/mol. The van der Waals surface area contributed by atoms with Gasteiger partial charge in [-0.3, -0.25) is 9.63 Å². The van der Waals surface area contributed by atoms with E-state index in [9.17, 15) is 4.79 Å². The van der Waals surface area contributed by atoms with E-state index in [1.165, 1.54) is 32.1 Å². The average Bonchev–Trinajstić information content (AvgIpc) is 2.27. The normalized spacial score (nSPS) is 17.7. The molecule has 1 fully saturated rings. The van der Waals surface area contributed by atoms with Crippen LogP contribution < -0.4 is 5.48 Å². The van der Waals surface area contributed by atoms with Crippen LogP contribution in [-0.4, -0.2) is 12.5 Å².